The molecule has 28 heavy (non-hydrogen) atoms. The molecule has 2 unspecified atom stereocenters. The summed E-state index contributed by atoms with van der Waals surface area (Å²) in [6, 6.07) is 7.78. The van der Waals surface area contributed by atoms with E-state index in [0.717, 1.165) is 26.8 Å². The van der Waals surface area contributed by atoms with Crippen molar-refractivity contribution in [2.45, 2.75) is 32.2 Å². The molecule has 0 saturated heterocycles. The second-order valence-electron chi connectivity index (χ2n) is 7.18. The Morgan fingerprint density at radius 3 is 2.86 bits per heavy atom. The highest BCUT2D eigenvalue weighted by Gasteiger charge is 2.33. The van der Waals surface area contributed by atoms with Crippen LogP contribution in [-0.4, -0.2) is 23.7 Å². The lowest BCUT2D eigenvalue weighted by atomic mass is 9.94. The van der Waals surface area contributed by atoms with Gasteiger partial charge >= 0.3 is 0 Å². The second-order valence-corrected chi connectivity index (χ2v) is 9.22. The van der Waals surface area contributed by atoms with Gasteiger partial charge in [0.05, 0.1) is 11.3 Å². The molecule has 146 valence electrons. The van der Waals surface area contributed by atoms with Crippen molar-refractivity contribution in [1.29, 1.82) is 0 Å². The zero-order valence-electron chi connectivity index (χ0n) is 18.6. The fraction of sp³-hybridized carbons (Fsp3) is 0.333. The van der Waals surface area contributed by atoms with Crippen LogP contribution in [0.3, 0.4) is 0 Å². The summed E-state index contributed by atoms with van der Waals surface area (Å²) >= 11 is 0. The van der Waals surface area contributed by atoms with Crippen LogP contribution in [0.15, 0.2) is 47.5 Å². The Kier molecular flexibility index (Phi) is 3.76. The summed E-state index contributed by atoms with van der Waals surface area (Å²) < 4.78 is 50.8. The Hall–Kier alpha value is -2.51. The Morgan fingerprint density at radius 2 is 2.11 bits per heavy atom. The smallest absolute Gasteiger partial charge is 0.250 e. The number of benzene rings is 1. The molecule has 7 heteroatoms. The summed E-state index contributed by atoms with van der Waals surface area (Å²) in [5.41, 5.74) is 3.34. The van der Waals surface area contributed by atoms with Gasteiger partial charge in [0.25, 0.3) is 5.56 Å². The fourth-order valence-electron chi connectivity index (χ4n) is 3.97. The quantitative estimate of drug-likeness (QED) is 0.730. The summed E-state index contributed by atoms with van der Waals surface area (Å²) in [5.74, 6) is 0.125. The molecule has 4 rings (SSSR count). The standard InChI is InChI=1S/C21H23N3O3S/c1-4-28(26,27)23-18-9-13(2)21-16(11-22-12-17(18)21)14-5-7-19-15(10-14)6-8-20(25)24(19)3/h5-8,10-13,18,23H,4,9H2,1-3H3/i3D3. The summed E-state index contributed by atoms with van der Waals surface area (Å²) in [7, 11) is -3.36. The molecule has 1 aliphatic rings. The first-order chi connectivity index (χ1) is 14.5. The second kappa shape index (κ2) is 6.83. The zero-order valence-corrected chi connectivity index (χ0v) is 16.5. The lowest BCUT2D eigenvalue weighted by Crippen LogP contribution is -2.28. The van der Waals surface area contributed by atoms with Crippen LogP contribution in [0, 0.1) is 0 Å². The number of hydrogen-bond acceptors (Lipinski definition) is 4. The van der Waals surface area contributed by atoms with Crippen molar-refractivity contribution in [1.82, 2.24) is 14.3 Å². The van der Waals surface area contributed by atoms with Crippen molar-refractivity contribution in [2.24, 2.45) is 6.98 Å². The molecule has 0 radical (unpaired) electrons. The number of nitrogens with one attached hydrogen (secondary N) is 1. The highest BCUT2D eigenvalue weighted by Crippen LogP contribution is 2.44. The summed E-state index contributed by atoms with van der Waals surface area (Å²) in [5, 5.41) is 0.625. The molecule has 0 aliphatic heterocycles. The molecule has 0 saturated carbocycles. The molecule has 0 fully saturated rings. The van der Waals surface area contributed by atoms with E-state index in [1.165, 1.54) is 6.07 Å². The van der Waals surface area contributed by atoms with Crippen molar-refractivity contribution >= 4 is 20.9 Å². The van der Waals surface area contributed by atoms with Crippen LogP contribution in [0.5, 0.6) is 0 Å². The number of aromatic nitrogens is 2. The van der Waals surface area contributed by atoms with E-state index in [4.69, 9.17) is 4.11 Å². The molecule has 0 bridgehead atoms. The Labute approximate surface area is 168 Å². The summed E-state index contributed by atoms with van der Waals surface area (Å²) in [6.45, 7) is 1.08. The van der Waals surface area contributed by atoms with Crippen molar-refractivity contribution in [2.75, 3.05) is 5.75 Å². The molecule has 6 nitrogen and oxygen atoms in total. The van der Waals surface area contributed by atoms with E-state index in [1.807, 2.05) is 6.07 Å². The van der Waals surface area contributed by atoms with Crippen LogP contribution in [0.1, 0.15) is 47.5 Å². The van der Waals surface area contributed by atoms with Crippen LogP contribution in [0.4, 0.5) is 0 Å². The SMILES string of the molecule is [2H]C([2H])([2H])n1c(=O)ccc2cc(-c3cncc4c3C(C)CC4NS(=O)(=O)CC)ccc21. The van der Waals surface area contributed by atoms with E-state index in [0.29, 0.717) is 17.3 Å². The predicted molar refractivity (Wildman–Crippen MR) is 111 cm³/mol. The van der Waals surface area contributed by atoms with E-state index in [2.05, 4.69) is 16.6 Å². The Morgan fingerprint density at radius 1 is 1.29 bits per heavy atom. The molecule has 1 aliphatic carbocycles. The van der Waals surface area contributed by atoms with Gasteiger partial charge in [0.2, 0.25) is 10.0 Å². The minimum absolute atomic E-state index is 0.0101. The third-order valence-electron chi connectivity index (χ3n) is 5.38. The molecule has 2 heterocycles. The molecule has 2 atom stereocenters. The largest absolute Gasteiger partial charge is 0.311 e. The van der Waals surface area contributed by atoms with Crippen molar-refractivity contribution in [3.05, 3.63) is 64.2 Å². The topological polar surface area (TPSA) is 81.1 Å². The van der Waals surface area contributed by atoms with Gasteiger partial charge in [-0.05, 0) is 59.5 Å². The van der Waals surface area contributed by atoms with Gasteiger partial charge in [-0.15, -0.1) is 0 Å². The van der Waals surface area contributed by atoms with Crippen LogP contribution >= 0.6 is 0 Å². The van der Waals surface area contributed by atoms with Crippen LogP contribution in [0.25, 0.3) is 22.0 Å². The van der Waals surface area contributed by atoms with Crippen molar-refractivity contribution in [3.8, 4) is 11.1 Å². The fourth-order valence-corrected chi connectivity index (χ4v) is 4.79. The van der Waals surface area contributed by atoms with Gasteiger partial charge in [-0.3, -0.25) is 9.78 Å². The van der Waals surface area contributed by atoms with Gasteiger partial charge in [0.15, 0.2) is 0 Å². The molecule has 0 spiro atoms. The third-order valence-corrected chi connectivity index (χ3v) is 6.79. The minimum atomic E-state index is -3.36. The molecule has 1 N–H and O–H groups in total. The van der Waals surface area contributed by atoms with Crippen LogP contribution < -0.4 is 10.3 Å². The predicted octanol–water partition coefficient (Wildman–Crippen LogP) is 3.09. The first-order valence-electron chi connectivity index (χ1n) is 10.7. The van der Waals surface area contributed by atoms with Gasteiger partial charge in [0.1, 0.15) is 0 Å². The van der Waals surface area contributed by atoms with Crippen LogP contribution in [0.2, 0.25) is 0 Å². The maximum absolute atomic E-state index is 12.1. The molecule has 1 aromatic carbocycles. The average molecular weight is 401 g/mol. The van der Waals surface area contributed by atoms with E-state index in [-0.39, 0.29) is 17.7 Å². The van der Waals surface area contributed by atoms with E-state index >= 15 is 0 Å². The highest BCUT2D eigenvalue weighted by molar-refractivity contribution is 7.89. The minimum Gasteiger partial charge on any atom is -0.311 e. The van der Waals surface area contributed by atoms with E-state index < -0.39 is 22.6 Å². The highest BCUT2D eigenvalue weighted by atomic mass is 32.2. The third kappa shape index (κ3) is 3.14. The number of rotatable bonds is 4. The number of sulfonamides is 1. The maximum atomic E-state index is 12.1. The number of aryl methyl sites for hydroxylation is 1. The number of fused-ring (bicyclic) bond motifs is 2. The van der Waals surface area contributed by atoms with Gasteiger partial charge in [-0.25, -0.2) is 13.1 Å². The van der Waals surface area contributed by atoms with E-state index in [9.17, 15) is 13.2 Å². The molecular weight excluding hydrogens is 374 g/mol. The Balaban J connectivity index is 1.84. The normalized spacial score (nSPS) is 21.1. The van der Waals surface area contributed by atoms with Gasteiger partial charge in [-0.1, -0.05) is 13.0 Å². The van der Waals surface area contributed by atoms with Gasteiger partial charge in [-0.2, -0.15) is 0 Å². The summed E-state index contributed by atoms with van der Waals surface area (Å²) in [4.78, 5) is 16.5. The molecular formula is C21H23N3O3S. The maximum Gasteiger partial charge on any atom is 0.250 e. The Bertz CT molecular complexity index is 1330. The van der Waals surface area contributed by atoms with Crippen LogP contribution in [-0.2, 0) is 17.0 Å². The van der Waals surface area contributed by atoms with E-state index in [1.54, 1.807) is 37.5 Å². The van der Waals surface area contributed by atoms with Crippen molar-refractivity contribution < 1.29 is 12.5 Å². The number of nitrogens with zero attached hydrogens (tertiary/aromatic N) is 2. The molecule has 2 aromatic heterocycles. The number of hydrogen-bond donors (Lipinski definition) is 1. The zero-order chi connectivity index (χ0) is 22.6. The van der Waals surface area contributed by atoms with Gasteiger partial charge in [0, 0.05) is 41.2 Å². The summed E-state index contributed by atoms with van der Waals surface area (Å²) in [6.07, 6.45) is 4.09. The van der Waals surface area contributed by atoms with Crippen molar-refractivity contribution in [3.63, 3.8) is 0 Å². The number of pyridine rings is 2. The lowest BCUT2D eigenvalue weighted by Gasteiger charge is -2.15. The van der Waals surface area contributed by atoms with Gasteiger partial charge < -0.3 is 4.57 Å². The monoisotopic (exact) mass is 400 g/mol. The average Bonchev–Trinajstić information content (AvgIpc) is 3.01. The first-order valence-corrected chi connectivity index (χ1v) is 10.8. The molecule has 3 aromatic rings. The first kappa shape index (κ1) is 15.4. The lowest BCUT2D eigenvalue weighted by molar-refractivity contribution is 0.542. The molecule has 0 amide bonds.